The lowest BCUT2D eigenvalue weighted by atomic mass is 10.1. The van der Waals surface area contributed by atoms with Gasteiger partial charge in [0, 0.05) is 25.1 Å². The Labute approximate surface area is 131 Å². The van der Waals surface area contributed by atoms with Crippen molar-refractivity contribution in [1.82, 2.24) is 9.97 Å². The van der Waals surface area contributed by atoms with Crippen molar-refractivity contribution in [2.45, 2.75) is 46.1 Å². The molecule has 1 atom stereocenters. The molecule has 0 saturated carbocycles. The number of hydrogen-bond acceptors (Lipinski definition) is 5. The molecule has 0 aliphatic carbocycles. The molecule has 1 unspecified atom stereocenters. The molecule has 5 heteroatoms. The molecule has 0 saturated heterocycles. The summed E-state index contributed by atoms with van der Waals surface area (Å²) in [6.45, 7) is 6.40. The zero-order valence-corrected chi connectivity index (χ0v) is 14.0. The second-order valence-corrected chi connectivity index (χ2v) is 6.12. The first-order valence-corrected chi connectivity index (χ1v) is 8.41. The van der Waals surface area contributed by atoms with E-state index in [1.807, 2.05) is 7.05 Å². The van der Waals surface area contributed by atoms with E-state index in [-0.39, 0.29) is 0 Å². The Balaban J connectivity index is 2.15. The monoisotopic (exact) mass is 304 g/mol. The Morgan fingerprint density at radius 2 is 2.05 bits per heavy atom. The molecule has 0 radical (unpaired) electrons. The maximum Gasteiger partial charge on any atom is 0.134 e. The van der Waals surface area contributed by atoms with Gasteiger partial charge in [0.05, 0.1) is 0 Å². The minimum absolute atomic E-state index is 0.340. The van der Waals surface area contributed by atoms with Gasteiger partial charge in [0.1, 0.15) is 17.5 Å². The van der Waals surface area contributed by atoms with Crippen LogP contribution in [0.2, 0.25) is 0 Å². The van der Waals surface area contributed by atoms with Crippen LogP contribution in [0.5, 0.6) is 0 Å². The topological polar surface area (TPSA) is 49.8 Å². The van der Waals surface area contributed by atoms with E-state index < -0.39 is 0 Å². The highest BCUT2D eigenvalue weighted by molar-refractivity contribution is 7.07. The zero-order chi connectivity index (χ0) is 15.2. The number of anilines is 2. The van der Waals surface area contributed by atoms with E-state index in [2.05, 4.69) is 58.2 Å². The molecule has 21 heavy (non-hydrogen) atoms. The molecule has 0 amide bonds. The maximum atomic E-state index is 4.68. The minimum atomic E-state index is 0.340. The smallest absolute Gasteiger partial charge is 0.134 e. The van der Waals surface area contributed by atoms with Crippen LogP contribution in [-0.2, 0) is 12.8 Å². The number of aryl methyl sites for hydroxylation is 1. The van der Waals surface area contributed by atoms with Gasteiger partial charge in [-0.1, -0.05) is 6.92 Å². The number of thiophene rings is 1. The van der Waals surface area contributed by atoms with E-state index in [1.54, 1.807) is 11.3 Å². The van der Waals surface area contributed by atoms with Crippen LogP contribution in [0.15, 0.2) is 16.8 Å². The summed E-state index contributed by atoms with van der Waals surface area (Å²) in [7, 11) is 1.91. The number of aromatic nitrogens is 2. The van der Waals surface area contributed by atoms with Crippen LogP contribution < -0.4 is 10.6 Å². The fourth-order valence-corrected chi connectivity index (χ4v) is 3.01. The fourth-order valence-electron chi connectivity index (χ4n) is 2.33. The molecule has 0 bridgehead atoms. The lowest BCUT2D eigenvalue weighted by Gasteiger charge is -2.18. The average molecular weight is 304 g/mol. The third kappa shape index (κ3) is 4.17. The van der Waals surface area contributed by atoms with E-state index in [1.165, 1.54) is 5.56 Å². The molecule has 2 aromatic heterocycles. The van der Waals surface area contributed by atoms with Crippen molar-refractivity contribution in [2.75, 3.05) is 17.7 Å². The second-order valence-electron chi connectivity index (χ2n) is 5.34. The van der Waals surface area contributed by atoms with E-state index in [9.17, 15) is 0 Å². The molecule has 2 heterocycles. The summed E-state index contributed by atoms with van der Waals surface area (Å²) in [6.07, 6.45) is 2.96. The number of nitrogens with zero attached hydrogens (tertiary/aromatic N) is 2. The highest BCUT2D eigenvalue weighted by Crippen LogP contribution is 2.21. The normalized spacial score (nSPS) is 12.2. The zero-order valence-electron chi connectivity index (χ0n) is 13.2. The Morgan fingerprint density at radius 3 is 2.67 bits per heavy atom. The predicted octanol–water partition coefficient (Wildman–Crippen LogP) is 3.88. The molecular weight excluding hydrogens is 280 g/mol. The fraction of sp³-hybridized carbons (Fsp3) is 0.500. The molecule has 0 spiro atoms. The Morgan fingerprint density at radius 1 is 1.29 bits per heavy atom. The highest BCUT2D eigenvalue weighted by atomic mass is 32.1. The first-order chi connectivity index (χ1) is 10.1. The molecule has 0 aromatic carbocycles. The minimum Gasteiger partial charge on any atom is -0.373 e. The Hall–Kier alpha value is -1.62. The van der Waals surface area contributed by atoms with E-state index >= 15 is 0 Å². The number of nitrogens with one attached hydrogen (secondary N) is 2. The van der Waals surface area contributed by atoms with Crippen molar-refractivity contribution >= 4 is 23.0 Å². The molecule has 2 N–H and O–H groups in total. The summed E-state index contributed by atoms with van der Waals surface area (Å²) < 4.78 is 0. The van der Waals surface area contributed by atoms with Crippen molar-refractivity contribution < 1.29 is 0 Å². The van der Waals surface area contributed by atoms with Crippen molar-refractivity contribution in [3.8, 4) is 0 Å². The van der Waals surface area contributed by atoms with Crippen LogP contribution in [0, 0.1) is 6.92 Å². The quantitative estimate of drug-likeness (QED) is 0.815. The third-order valence-corrected chi connectivity index (χ3v) is 4.14. The van der Waals surface area contributed by atoms with Crippen molar-refractivity contribution in [1.29, 1.82) is 0 Å². The molecule has 0 aliphatic heterocycles. The summed E-state index contributed by atoms with van der Waals surface area (Å²) in [5.74, 6) is 2.76. The number of rotatable bonds is 7. The molecule has 0 fully saturated rings. The lowest BCUT2D eigenvalue weighted by Crippen LogP contribution is -2.20. The van der Waals surface area contributed by atoms with E-state index in [0.29, 0.717) is 6.04 Å². The Bertz CT molecular complexity index is 566. The van der Waals surface area contributed by atoms with Gasteiger partial charge in [-0.25, -0.2) is 9.97 Å². The van der Waals surface area contributed by atoms with E-state index in [4.69, 9.17) is 0 Å². The average Bonchev–Trinajstić information content (AvgIpc) is 2.95. The van der Waals surface area contributed by atoms with Crippen LogP contribution in [0.3, 0.4) is 0 Å². The predicted molar refractivity (Wildman–Crippen MR) is 91.4 cm³/mol. The van der Waals surface area contributed by atoms with Crippen LogP contribution in [0.25, 0.3) is 0 Å². The Kier molecular flexibility index (Phi) is 5.56. The lowest BCUT2D eigenvalue weighted by molar-refractivity contribution is 0.773. The molecule has 0 aliphatic rings. The molecule has 2 aromatic rings. The molecule has 114 valence electrons. The molecular formula is C16H24N4S. The van der Waals surface area contributed by atoms with Crippen molar-refractivity contribution in [3.05, 3.63) is 33.8 Å². The first-order valence-electron chi connectivity index (χ1n) is 7.47. The van der Waals surface area contributed by atoms with Gasteiger partial charge >= 0.3 is 0 Å². The SMILES string of the molecule is CCCc1nc(NC)c(C)c(NC(C)Cc2ccsc2)n1. The van der Waals surface area contributed by atoms with Gasteiger partial charge in [-0.05, 0) is 49.1 Å². The van der Waals surface area contributed by atoms with Gasteiger partial charge in [-0.3, -0.25) is 0 Å². The van der Waals surface area contributed by atoms with Gasteiger partial charge in [0.25, 0.3) is 0 Å². The molecule has 2 rings (SSSR count). The second kappa shape index (κ2) is 7.41. The summed E-state index contributed by atoms with van der Waals surface area (Å²) in [6, 6.07) is 2.52. The van der Waals surface area contributed by atoms with Crippen LogP contribution in [0.1, 0.15) is 37.2 Å². The van der Waals surface area contributed by atoms with Gasteiger partial charge < -0.3 is 10.6 Å². The van der Waals surface area contributed by atoms with E-state index in [0.717, 1.165) is 42.3 Å². The van der Waals surface area contributed by atoms with Gasteiger partial charge in [-0.2, -0.15) is 11.3 Å². The van der Waals surface area contributed by atoms with Gasteiger partial charge in [0.2, 0.25) is 0 Å². The first kappa shape index (κ1) is 15.8. The van der Waals surface area contributed by atoms with Crippen molar-refractivity contribution in [2.24, 2.45) is 0 Å². The summed E-state index contributed by atoms with van der Waals surface area (Å²) in [5.41, 5.74) is 2.45. The molecule has 4 nitrogen and oxygen atoms in total. The van der Waals surface area contributed by atoms with Crippen molar-refractivity contribution in [3.63, 3.8) is 0 Å². The summed E-state index contributed by atoms with van der Waals surface area (Å²) >= 11 is 1.74. The standard InChI is InChI=1S/C16H24N4S/c1-5-6-14-19-15(17-4)12(3)16(20-14)18-11(2)9-13-7-8-21-10-13/h7-8,10-11H,5-6,9H2,1-4H3,(H2,17,18,19,20). The third-order valence-electron chi connectivity index (χ3n) is 3.41. The maximum absolute atomic E-state index is 4.68. The largest absolute Gasteiger partial charge is 0.373 e. The van der Waals surface area contributed by atoms with Gasteiger partial charge in [0.15, 0.2) is 0 Å². The van der Waals surface area contributed by atoms with Crippen LogP contribution in [0.4, 0.5) is 11.6 Å². The summed E-state index contributed by atoms with van der Waals surface area (Å²) in [5, 5.41) is 11.0. The van der Waals surface area contributed by atoms with Crippen LogP contribution >= 0.6 is 11.3 Å². The van der Waals surface area contributed by atoms with Crippen LogP contribution in [-0.4, -0.2) is 23.1 Å². The van der Waals surface area contributed by atoms with Gasteiger partial charge in [-0.15, -0.1) is 0 Å². The summed E-state index contributed by atoms with van der Waals surface area (Å²) in [4.78, 5) is 9.24. The highest BCUT2D eigenvalue weighted by Gasteiger charge is 2.12. The number of hydrogen-bond donors (Lipinski definition) is 2.